The Morgan fingerprint density at radius 2 is 2.16 bits per heavy atom. The number of amides is 1. The first-order valence-electron chi connectivity index (χ1n) is 5.73. The third-order valence-corrected chi connectivity index (χ3v) is 2.84. The average Bonchev–Trinajstić information content (AvgIpc) is 2.70. The number of hydrogen-bond acceptors (Lipinski definition) is 4. The fourth-order valence-electron chi connectivity index (χ4n) is 1.20. The van der Waals surface area contributed by atoms with E-state index in [2.05, 4.69) is 5.32 Å². The zero-order valence-corrected chi connectivity index (χ0v) is 11.9. The monoisotopic (exact) mass is 283 g/mol. The van der Waals surface area contributed by atoms with Crippen molar-refractivity contribution in [1.29, 1.82) is 0 Å². The summed E-state index contributed by atoms with van der Waals surface area (Å²) in [5.74, 6) is -0.934. The number of carbonyl (C=O) groups excluding carboxylic acids is 1. The summed E-state index contributed by atoms with van der Waals surface area (Å²) in [6.07, 6.45) is 3.01. The highest BCUT2D eigenvalue weighted by atomic mass is 32.1. The number of carbonyl (C=O) groups is 2. The van der Waals surface area contributed by atoms with Crippen LogP contribution >= 0.6 is 11.3 Å². The maximum Gasteiger partial charge on any atom is 0.407 e. The summed E-state index contributed by atoms with van der Waals surface area (Å²) in [6, 6.07) is 1.58. The van der Waals surface area contributed by atoms with Crippen molar-refractivity contribution >= 4 is 29.5 Å². The molecule has 0 aliphatic carbocycles. The van der Waals surface area contributed by atoms with Crippen LogP contribution in [-0.2, 0) is 4.74 Å². The van der Waals surface area contributed by atoms with E-state index in [1.165, 1.54) is 11.3 Å². The highest BCUT2D eigenvalue weighted by Gasteiger charge is 2.14. The maximum atomic E-state index is 11.3. The molecule has 0 bridgehead atoms. The van der Waals surface area contributed by atoms with Gasteiger partial charge in [0, 0.05) is 6.54 Å². The summed E-state index contributed by atoms with van der Waals surface area (Å²) in [5, 5.41) is 13.1. The predicted octanol–water partition coefficient (Wildman–Crippen LogP) is 2.98. The van der Waals surface area contributed by atoms with Gasteiger partial charge in [0.15, 0.2) is 0 Å². The maximum absolute atomic E-state index is 11.3. The minimum Gasteiger partial charge on any atom is -0.477 e. The largest absolute Gasteiger partial charge is 0.477 e. The molecule has 0 saturated heterocycles. The van der Waals surface area contributed by atoms with E-state index in [0.29, 0.717) is 11.4 Å². The molecule has 5 nitrogen and oxygen atoms in total. The Kier molecular flexibility index (Phi) is 5.11. The zero-order valence-electron chi connectivity index (χ0n) is 11.1. The van der Waals surface area contributed by atoms with Gasteiger partial charge in [-0.25, -0.2) is 9.59 Å². The lowest BCUT2D eigenvalue weighted by Crippen LogP contribution is -2.32. The number of nitrogens with one attached hydrogen (secondary N) is 1. The lowest BCUT2D eigenvalue weighted by Gasteiger charge is -2.19. The van der Waals surface area contributed by atoms with Crippen LogP contribution in [0.5, 0.6) is 0 Å². The molecule has 0 aliphatic rings. The summed E-state index contributed by atoms with van der Waals surface area (Å²) in [7, 11) is 0. The van der Waals surface area contributed by atoms with Crippen molar-refractivity contribution in [3.8, 4) is 0 Å². The van der Waals surface area contributed by atoms with E-state index in [4.69, 9.17) is 9.84 Å². The van der Waals surface area contributed by atoms with Crippen LogP contribution in [0, 0.1) is 0 Å². The summed E-state index contributed by atoms with van der Waals surface area (Å²) < 4.78 is 5.07. The lowest BCUT2D eigenvalue weighted by molar-refractivity contribution is 0.0533. The molecule has 0 saturated carbocycles. The van der Waals surface area contributed by atoms with Crippen LogP contribution in [-0.4, -0.2) is 29.3 Å². The van der Waals surface area contributed by atoms with Crippen molar-refractivity contribution in [2.75, 3.05) is 6.54 Å². The molecule has 1 aromatic heterocycles. The summed E-state index contributed by atoms with van der Waals surface area (Å²) in [6.45, 7) is 5.71. The van der Waals surface area contributed by atoms with Crippen LogP contribution in [0.25, 0.3) is 6.08 Å². The first kappa shape index (κ1) is 15.2. The van der Waals surface area contributed by atoms with E-state index >= 15 is 0 Å². The molecule has 0 atom stereocenters. The first-order valence-corrected chi connectivity index (χ1v) is 6.61. The molecule has 1 heterocycles. The molecular formula is C13H17NO4S. The van der Waals surface area contributed by atoms with Gasteiger partial charge in [0.05, 0.1) is 0 Å². The van der Waals surface area contributed by atoms with Crippen molar-refractivity contribution in [3.05, 3.63) is 28.0 Å². The number of aromatic carboxylic acids is 1. The van der Waals surface area contributed by atoms with Gasteiger partial charge >= 0.3 is 12.1 Å². The van der Waals surface area contributed by atoms with Gasteiger partial charge in [-0.1, -0.05) is 12.2 Å². The molecule has 19 heavy (non-hydrogen) atoms. The van der Waals surface area contributed by atoms with Gasteiger partial charge in [0.2, 0.25) is 0 Å². The first-order chi connectivity index (χ1) is 8.78. The molecule has 104 valence electrons. The molecule has 0 aliphatic heterocycles. The molecule has 1 aromatic rings. The quantitative estimate of drug-likeness (QED) is 0.890. The van der Waals surface area contributed by atoms with E-state index in [-0.39, 0.29) is 0 Å². The number of thiophene rings is 1. The van der Waals surface area contributed by atoms with Crippen LogP contribution in [0.4, 0.5) is 4.79 Å². The second kappa shape index (κ2) is 6.38. The Hall–Kier alpha value is -1.82. The van der Waals surface area contributed by atoms with Gasteiger partial charge in [-0.3, -0.25) is 0 Å². The van der Waals surface area contributed by atoms with Crippen molar-refractivity contribution in [2.45, 2.75) is 26.4 Å². The van der Waals surface area contributed by atoms with Crippen molar-refractivity contribution in [3.63, 3.8) is 0 Å². The van der Waals surface area contributed by atoms with E-state index in [1.54, 1.807) is 44.4 Å². The minimum atomic E-state index is -0.934. The molecule has 0 fully saturated rings. The molecule has 0 aromatic carbocycles. The Labute approximate surface area is 115 Å². The number of hydrogen-bond donors (Lipinski definition) is 2. The molecule has 6 heteroatoms. The average molecular weight is 283 g/mol. The van der Waals surface area contributed by atoms with E-state index in [9.17, 15) is 9.59 Å². The second-order valence-electron chi connectivity index (χ2n) is 4.83. The highest BCUT2D eigenvalue weighted by Crippen LogP contribution is 2.15. The van der Waals surface area contributed by atoms with Gasteiger partial charge in [-0.05, 0) is 37.8 Å². The Balaban J connectivity index is 2.38. The molecular weight excluding hydrogens is 266 g/mol. The fraction of sp³-hybridized carbons (Fsp3) is 0.385. The Bertz CT molecular complexity index is 485. The standard InChI is InChI=1S/C13H17NO4S/c1-13(2,3)18-12(17)14-6-4-5-9-7-10(11(15)16)19-8-9/h4-5,7-8H,6H2,1-3H3,(H,14,17)(H,15,16). The zero-order chi connectivity index (χ0) is 14.5. The van der Waals surface area contributed by atoms with E-state index in [1.807, 2.05) is 0 Å². The number of alkyl carbamates (subject to hydrolysis) is 1. The lowest BCUT2D eigenvalue weighted by atomic mass is 10.2. The molecule has 1 amide bonds. The molecule has 0 radical (unpaired) electrons. The molecule has 0 unspecified atom stereocenters. The van der Waals surface area contributed by atoms with E-state index in [0.717, 1.165) is 5.56 Å². The number of carboxylic acid groups (broad SMARTS) is 1. The highest BCUT2D eigenvalue weighted by molar-refractivity contribution is 7.12. The normalized spacial score (nSPS) is 11.5. The van der Waals surface area contributed by atoms with Crippen molar-refractivity contribution in [2.24, 2.45) is 0 Å². The van der Waals surface area contributed by atoms with Crippen LogP contribution in [0.15, 0.2) is 17.5 Å². The molecule has 2 N–H and O–H groups in total. The topological polar surface area (TPSA) is 75.6 Å². The van der Waals surface area contributed by atoms with Gasteiger partial charge < -0.3 is 15.2 Å². The van der Waals surface area contributed by atoms with Crippen molar-refractivity contribution in [1.82, 2.24) is 5.32 Å². The number of carboxylic acids is 1. The van der Waals surface area contributed by atoms with Gasteiger partial charge in [-0.15, -0.1) is 11.3 Å². The second-order valence-corrected chi connectivity index (χ2v) is 5.75. The van der Waals surface area contributed by atoms with Gasteiger partial charge in [0.25, 0.3) is 0 Å². The van der Waals surface area contributed by atoms with E-state index < -0.39 is 17.7 Å². The third kappa shape index (κ3) is 6.05. The molecule has 1 rings (SSSR count). The Morgan fingerprint density at radius 1 is 1.47 bits per heavy atom. The predicted molar refractivity (Wildman–Crippen MR) is 74.5 cm³/mol. The fourth-order valence-corrected chi connectivity index (χ4v) is 1.92. The van der Waals surface area contributed by atoms with Crippen LogP contribution in [0.2, 0.25) is 0 Å². The minimum absolute atomic E-state index is 0.291. The van der Waals surface area contributed by atoms with Crippen LogP contribution in [0.3, 0.4) is 0 Å². The smallest absolute Gasteiger partial charge is 0.407 e. The van der Waals surface area contributed by atoms with Crippen LogP contribution in [0.1, 0.15) is 36.0 Å². The van der Waals surface area contributed by atoms with Crippen LogP contribution < -0.4 is 5.32 Å². The number of rotatable bonds is 4. The number of ether oxygens (including phenoxy) is 1. The Morgan fingerprint density at radius 3 is 2.68 bits per heavy atom. The van der Waals surface area contributed by atoms with Gasteiger partial charge in [-0.2, -0.15) is 0 Å². The summed E-state index contributed by atoms with van der Waals surface area (Å²) in [4.78, 5) is 22.3. The van der Waals surface area contributed by atoms with Gasteiger partial charge in [0.1, 0.15) is 10.5 Å². The summed E-state index contributed by atoms with van der Waals surface area (Å²) >= 11 is 1.17. The third-order valence-electron chi connectivity index (χ3n) is 1.90. The molecule has 0 spiro atoms. The van der Waals surface area contributed by atoms with Crippen molar-refractivity contribution < 1.29 is 19.4 Å². The summed E-state index contributed by atoms with van der Waals surface area (Å²) in [5.41, 5.74) is 0.283. The SMILES string of the molecule is CC(C)(C)OC(=O)NCC=Cc1csc(C(=O)O)c1.